The third-order valence-corrected chi connectivity index (χ3v) is 4.30. The summed E-state index contributed by atoms with van der Waals surface area (Å²) in [6.07, 6.45) is 0.935. The van der Waals surface area contributed by atoms with Gasteiger partial charge in [-0.2, -0.15) is 5.26 Å². The number of rotatable bonds is 6. The molecule has 0 aromatic heterocycles. The summed E-state index contributed by atoms with van der Waals surface area (Å²) in [6, 6.07) is 8.37. The predicted molar refractivity (Wildman–Crippen MR) is 90.8 cm³/mol. The Morgan fingerprint density at radius 2 is 2.13 bits per heavy atom. The largest absolute Gasteiger partial charge is 0.493 e. The minimum Gasteiger partial charge on any atom is -0.493 e. The first kappa shape index (κ1) is 17.6. The van der Waals surface area contributed by atoms with Crippen LogP contribution < -0.4 is 9.47 Å². The lowest BCUT2D eigenvalue weighted by atomic mass is 10.0. The maximum absolute atomic E-state index is 9.73. The first-order chi connectivity index (χ1) is 11.1. The van der Waals surface area contributed by atoms with Crippen LogP contribution in [-0.4, -0.2) is 56.2 Å². The summed E-state index contributed by atoms with van der Waals surface area (Å²) < 4.78 is 11.1. The number of hydrogen-bond acceptors (Lipinski definition) is 5. The average molecular weight is 317 g/mol. The molecule has 0 amide bonds. The van der Waals surface area contributed by atoms with Gasteiger partial charge in [-0.1, -0.05) is 13.0 Å². The van der Waals surface area contributed by atoms with E-state index in [4.69, 9.17) is 9.47 Å². The molecule has 5 heteroatoms. The molecule has 2 unspecified atom stereocenters. The standard InChI is InChI=1S/C18H27N3O2/c1-5-10-23-18-11-15(6-7-17(18)22-4)16(12-19)21-9-8-20(3)13-14(21)2/h6-7,11,14,16H,5,8-10,13H2,1-4H3. The van der Waals surface area contributed by atoms with E-state index >= 15 is 0 Å². The molecule has 0 radical (unpaired) electrons. The first-order valence-electron chi connectivity index (χ1n) is 8.25. The zero-order chi connectivity index (χ0) is 16.8. The number of methoxy groups -OCH3 is 1. The fourth-order valence-electron chi connectivity index (χ4n) is 3.07. The second-order valence-electron chi connectivity index (χ2n) is 6.14. The maximum atomic E-state index is 9.73. The van der Waals surface area contributed by atoms with E-state index < -0.39 is 0 Å². The van der Waals surface area contributed by atoms with Crippen LogP contribution in [0.15, 0.2) is 18.2 Å². The monoisotopic (exact) mass is 317 g/mol. The third kappa shape index (κ3) is 4.15. The number of nitrogens with zero attached hydrogens (tertiary/aromatic N) is 3. The van der Waals surface area contributed by atoms with Crippen molar-refractivity contribution in [3.05, 3.63) is 23.8 Å². The molecule has 1 heterocycles. The van der Waals surface area contributed by atoms with Crippen molar-refractivity contribution in [1.82, 2.24) is 9.80 Å². The minimum atomic E-state index is -0.256. The van der Waals surface area contributed by atoms with Gasteiger partial charge >= 0.3 is 0 Å². The van der Waals surface area contributed by atoms with Gasteiger partial charge in [0, 0.05) is 25.7 Å². The quantitative estimate of drug-likeness (QED) is 0.807. The Balaban J connectivity index is 2.25. The van der Waals surface area contributed by atoms with Gasteiger partial charge < -0.3 is 14.4 Å². The lowest BCUT2D eigenvalue weighted by Gasteiger charge is -2.40. The predicted octanol–water partition coefficient (Wildman–Crippen LogP) is 2.68. The molecule has 1 aliphatic rings. The Kier molecular flexibility index (Phi) is 6.26. The van der Waals surface area contributed by atoms with E-state index in [2.05, 4.69) is 36.8 Å². The van der Waals surface area contributed by atoms with Gasteiger partial charge in [0.05, 0.1) is 19.8 Å². The van der Waals surface area contributed by atoms with Gasteiger partial charge in [0.15, 0.2) is 11.5 Å². The fraction of sp³-hybridized carbons (Fsp3) is 0.611. The van der Waals surface area contributed by atoms with Crippen LogP contribution in [0, 0.1) is 11.3 Å². The molecule has 5 nitrogen and oxygen atoms in total. The van der Waals surface area contributed by atoms with E-state index in [9.17, 15) is 5.26 Å². The molecule has 0 saturated carbocycles. The molecule has 0 N–H and O–H groups in total. The maximum Gasteiger partial charge on any atom is 0.161 e. The number of ether oxygens (including phenoxy) is 2. The Hall–Kier alpha value is -1.77. The SMILES string of the molecule is CCCOc1cc(C(C#N)N2CCN(C)CC2C)ccc1OC. The van der Waals surface area contributed by atoms with Gasteiger partial charge in [0.2, 0.25) is 0 Å². The Morgan fingerprint density at radius 3 is 2.74 bits per heavy atom. The normalized spacial score (nSPS) is 20.7. The summed E-state index contributed by atoms with van der Waals surface area (Å²) in [5.74, 6) is 1.43. The van der Waals surface area contributed by atoms with Crippen molar-refractivity contribution in [3.63, 3.8) is 0 Å². The molecule has 2 atom stereocenters. The van der Waals surface area contributed by atoms with Crippen molar-refractivity contribution in [2.75, 3.05) is 40.4 Å². The fourth-order valence-corrected chi connectivity index (χ4v) is 3.07. The molecule has 2 rings (SSSR count). The van der Waals surface area contributed by atoms with Crippen LogP contribution in [0.1, 0.15) is 31.9 Å². The molecule has 1 saturated heterocycles. The summed E-state index contributed by atoms with van der Waals surface area (Å²) in [6.45, 7) is 7.75. The Bertz CT molecular complexity index is 556. The van der Waals surface area contributed by atoms with Crippen LogP contribution in [-0.2, 0) is 0 Å². The molecule has 1 fully saturated rings. The van der Waals surface area contributed by atoms with Gasteiger partial charge in [-0.3, -0.25) is 4.90 Å². The van der Waals surface area contributed by atoms with E-state index in [0.29, 0.717) is 24.1 Å². The third-order valence-electron chi connectivity index (χ3n) is 4.30. The van der Waals surface area contributed by atoms with E-state index in [-0.39, 0.29) is 6.04 Å². The zero-order valence-electron chi connectivity index (χ0n) is 14.6. The second kappa shape index (κ2) is 8.19. The number of benzene rings is 1. The number of likely N-dealkylation sites (N-methyl/N-ethyl adjacent to an activating group) is 1. The van der Waals surface area contributed by atoms with Crippen molar-refractivity contribution in [2.45, 2.75) is 32.4 Å². The van der Waals surface area contributed by atoms with Crippen molar-refractivity contribution in [3.8, 4) is 17.6 Å². The van der Waals surface area contributed by atoms with Crippen molar-refractivity contribution in [2.24, 2.45) is 0 Å². The molecule has 0 spiro atoms. The first-order valence-corrected chi connectivity index (χ1v) is 8.25. The number of piperazine rings is 1. The lowest BCUT2D eigenvalue weighted by Crippen LogP contribution is -2.51. The van der Waals surface area contributed by atoms with Crippen LogP contribution in [0.4, 0.5) is 0 Å². The topological polar surface area (TPSA) is 48.7 Å². The van der Waals surface area contributed by atoms with Crippen LogP contribution in [0.25, 0.3) is 0 Å². The van der Waals surface area contributed by atoms with Gasteiger partial charge in [0.1, 0.15) is 6.04 Å². The van der Waals surface area contributed by atoms with Gasteiger partial charge in [-0.25, -0.2) is 0 Å². The zero-order valence-corrected chi connectivity index (χ0v) is 14.6. The summed E-state index contributed by atoms with van der Waals surface area (Å²) >= 11 is 0. The van der Waals surface area contributed by atoms with Crippen LogP contribution >= 0.6 is 0 Å². The van der Waals surface area contributed by atoms with Crippen molar-refractivity contribution < 1.29 is 9.47 Å². The second-order valence-corrected chi connectivity index (χ2v) is 6.14. The van der Waals surface area contributed by atoms with Crippen LogP contribution in [0.5, 0.6) is 11.5 Å². The summed E-state index contributed by atoms with van der Waals surface area (Å²) in [7, 11) is 3.76. The smallest absolute Gasteiger partial charge is 0.161 e. The molecule has 23 heavy (non-hydrogen) atoms. The molecular weight excluding hydrogens is 290 g/mol. The molecule has 126 valence electrons. The van der Waals surface area contributed by atoms with Crippen molar-refractivity contribution >= 4 is 0 Å². The molecule has 1 aromatic carbocycles. The van der Waals surface area contributed by atoms with E-state index in [0.717, 1.165) is 31.6 Å². The molecular formula is C18H27N3O2. The molecule has 0 bridgehead atoms. The van der Waals surface area contributed by atoms with E-state index in [1.165, 1.54) is 0 Å². The Morgan fingerprint density at radius 1 is 1.35 bits per heavy atom. The Labute approximate surface area is 139 Å². The average Bonchev–Trinajstić information content (AvgIpc) is 2.55. The number of hydrogen-bond donors (Lipinski definition) is 0. The van der Waals surface area contributed by atoms with Gasteiger partial charge in [-0.05, 0) is 38.1 Å². The van der Waals surface area contributed by atoms with Gasteiger partial charge in [0.25, 0.3) is 0 Å². The molecule has 1 aromatic rings. The van der Waals surface area contributed by atoms with Crippen LogP contribution in [0.3, 0.4) is 0 Å². The summed E-state index contributed by atoms with van der Waals surface area (Å²) in [5, 5.41) is 9.73. The highest BCUT2D eigenvalue weighted by atomic mass is 16.5. The minimum absolute atomic E-state index is 0.256. The summed E-state index contributed by atoms with van der Waals surface area (Å²) in [5.41, 5.74) is 0.968. The highest BCUT2D eigenvalue weighted by molar-refractivity contribution is 5.45. The van der Waals surface area contributed by atoms with Crippen LogP contribution in [0.2, 0.25) is 0 Å². The summed E-state index contributed by atoms with van der Waals surface area (Å²) in [4.78, 5) is 4.57. The molecule has 1 aliphatic heterocycles. The van der Waals surface area contributed by atoms with E-state index in [1.54, 1.807) is 7.11 Å². The highest BCUT2D eigenvalue weighted by Crippen LogP contribution is 2.33. The highest BCUT2D eigenvalue weighted by Gasteiger charge is 2.29. The van der Waals surface area contributed by atoms with Gasteiger partial charge in [-0.15, -0.1) is 0 Å². The van der Waals surface area contributed by atoms with Crippen molar-refractivity contribution in [1.29, 1.82) is 5.26 Å². The van der Waals surface area contributed by atoms with E-state index in [1.807, 2.05) is 18.2 Å². The lowest BCUT2D eigenvalue weighted by molar-refractivity contribution is 0.0795. The molecule has 0 aliphatic carbocycles. The number of nitriles is 1.